The van der Waals surface area contributed by atoms with Crippen molar-refractivity contribution >= 4 is 23.4 Å². The number of carbonyl (C=O) groups excluding carboxylic acids is 3. The monoisotopic (exact) mass is 495 g/mol. The highest BCUT2D eigenvalue weighted by Crippen LogP contribution is 2.53. The van der Waals surface area contributed by atoms with Gasteiger partial charge in [-0.15, -0.1) is 0 Å². The molecule has 3 aromatic carbocycles. The van der Waals surface area contributed by atoms with Crippen molar-refractivity contribution < 1.29 is 19.5 Å². The van der Waals surface area contributed by atoms with E-state index in [1.54, 1.807) is 12.1 Å². The van der Waals surface area contributed by atoms with Crippen LogP contribution in [0.5, 0.6) is 5.75 Å². The maximum Gasteiger partial charge on any atom is 0.250 e. The fourth-order valence-electron chi connectivity index (χ4n) is 6.30. The zero-order chi connectivity index (χ0) is 25.7. The molecule has 0 aromatic heterocycles. The van der Waals surface area contributed by atoms with E-state index < -0.39 is 23.4 Å². The molecule has 2 saturated heterocycles. The third-order valence-corrected chi connectivity index (χ3v) is 8.14. The molecule has 2 unspecified atom stereocenters. The zero-order valence-corrected chi connectivity index (χ0v) is 20.6. The molecule has 0 aliphatic carbocycles. The van der Waals surface area contributed by atoms with E-state index in [-0.39, 0.29) is 30.0 Å². The molecule has 0 radical (unpaired) electrons. The predicted molar refractivity (Wildman–Crippen MR) is 139 cm³/mol. The van der Waals surface area contributed by atoms with Gasteiger partial charge in [0.2, 0.25) is 17.7 Å². The van der Waals surface area contributed by atoms with Crippen molar-refractivity contribution in [2.45, 2.75) is 37.8 Å². The second-order valence-electron chi connectivity index (χ2n) is 10.2. The summed E-state index contributed by atoms with van der Waals surface area (Å²) in [6.07, 6.45) is 1.80. The smallest absolute Gasteiger partial charge is 0.250 e. The maximum absolute atomic E-state index is 14.0. The quantitative estimate of drug-likeness (QED) is 0.457. The average molecular weight is 496 g/mol. The number of nitrogens with zero attached hydrogens (tertiary/aromatic N) is 1. The summed E-state index contributed by atoms with van der Waals surface area (Å²) >= 11 is 0. The first kappa shape index (κ1) is 23.4. The number of likely N-dealkylation sites (tertiary alicyclic amines) is 1. The van der Waals surface area contributed by atoms with Gasteiger partial charge in [-0.3, -0.25) is 24.6 Å². The molecule has 3 aromatic rings. The summed E-state index contributed by atoms with van der Waals surface area (Å²) in [6.45, 7) is 2.33. The maximum atomic E-state index is 14.0. The molecule has 6 rings (SSSR count). The van der Waals surface area contributed by atoms with Gasteiger partial charge in [0, 0.05) is 23.8 Å². The van der Waals surface area contributed by atoms with Gasteiger partial charge in [-0.05, 0) is 54.2 Å². The van der Waals surface area contributed by atoms with Crippen LogP contribution in [0.3, 0.4) is 0 Å². The summed E-state index contributed by atoms with van der Waals surface area (Å²) in [6, 6.07) is 22.0. The molecule has 3 heterocycles. The van der Waals surface area contributed by atoms with Gasteiger partial charge in [0.05, 0.1) is 11.8 Å². The van der Waals surface area contributed by atoms with Crippen LogP contribution >= 0.6 is 0 Å². The summed E-state index contributed by atoms with van der Waals surface area (Å²) < 4.78 is 0. The minimum Gasteiger partial charge on any atom is -0.508 e. The van der Waals surface area contributed by atoms with Crippen LogP contribution in [0, 0.1) is 11.8 Å². The van der Waals surface area contributed by atoms with E-state index in [4.69, 9.17) is 0 Å². The SMILES string of the molecule is CCc1ccc2c(c1)C1(NC(Cc3ccc(O)cc3)[C@H]3C(=O)N(CCc4ccccc4)C(=O)[C@H]31)C(=O)N2. The molecule has 2 fully saturated rings. The largest absolute Gasteiger partial charge is 0.508 e. The average Bonchev–Trinajstić information content (AvgIpc) is 3.48. The van der Waals surface area contributed by atoms with Gasteiger partial charge in [-0.2, -0.15) is 0 Å². The van der Waals surface area contributed by atoms with E-state index in [0.29, 0.717) is 18.5 Å². The minimum atomic E-state index is -1.30. The summed E-state index contributed by atoms with van der Waals surface area (Å²) in [5.41, 5.74) is 3.14. The molecule has 3 aliphatic rings. The first-order valence-corrected chi connectivity index (χ1v) is 12.8. The van der Waals surface area contributed by atoms with E-state index in [0.717, 1.165) is 28.7 Å². The standard InChI is InChI=1S/C30H29N3O4/c1-2-18-10-13-23-22(16-18)30(29(37)31-23)26-25(24(32-30)17-20-8-11-21(34)12-9-20)27(35)33(28(26)36)15-14-19-6-4-3-5-7-19/h3-13,16,24-26,32,34H,2,14-15,17H2,1H3,(H,31,37)/t24?,25-,26+,30?/m1/s1. The highest BCUT2D eigenvalue weighted by Gasteiger charge is 2.70. The lowest BCUT2D eigenvalue weighted by atomic mass is 9.76. The molecule has 3 amide bonds. The van der Waals surface area contributed by atoms with Crippen molar-refractivity contribution in [1.82, 2.24) is 10.2 Å². The third kappa shape index (κ3) is 3.64. The van der Waals surface area contributed by atoms with E-state index in [9.17, 15) is 19.5 Å². The number of imide groups is 1. The van der Waals surface area contributed by atoms with E-state index in [1.165, 1.54) is 4.90 Å². The Hall–Kier alpha value is -3.97. The number of phenols is 1. The lowest BCUT2D eigenvalue weighted by Crippen LogP contribution is -2.53. The lowest BCUT2D eigenvalue weighted by Gasteiger charge is -2.30. The highest BCUT2D eigenvalue weighted by atomic mass is 16.3. The Balaban J connectivity index is 1.41. The molecule has 3 aliphatic heterocycles. The van der Waals surface area contributed by atoms with Gasteiger partial charge >= 0.3 is 0 Å². The van der Waals surface area contributed by atoms with Crippen molar-refractivity contribution in [3.8, 4) is 5.75 Å². The fourth-order valence-corrected chi connectivity index (χ4v) is 6.30. The Morgan fingerprint density at radius 3 is 2.35 bits per heavy atom. The number of phenolic OH excluding ortho intramolecular Hbond substituents is 1. The number of hydrogen-bond acceptors (Lipinski definition) is 5. The number of amides is 3. The highest BCUT2D eigenvalue weighted by molar-refractivity contribution is 6.15. The summed E-state index contributed by atoms with van der Waals surface area (Å²) in [4.78, 5) is 42.9. The Morgan fingerprint density at radius 1 is 0.892 bits per heavy atom. The van der Waals surface area contributed by atoms with Crippen molar-refractivity contribution in [2.24, 2.45) is 11.8 Å². The van der Waals surface area contributed by atoms with Crippen LogP contribution in [0.25, 0.3) is 0 Å². The van der Waals surface area contributed by atoms with Crippen molar-refractivity contribution in [2.75, 3.05) is 11.9 Å². The third-order valence-electron chi connectivity index (χ3n) is 8.14. The second-order valence-corrected chi connectivity index (χ2v) is 10.2. The Kier molecular flexibility index (Phi) is 5.60. The first-order valence-electron chi connectivity index (χ1n) is 12.8. The Labute approximate surface area is 215 Å². The topological polar surface area (TPSA) is 98.7 Å². The number of anilines is 1. The van der Waals surface area contributed by atoms with Crippen LogP contribution < -0.4 is 10.6 Å². The molecule has 1 spiro atoms. The molecule has 188 valence electrons. The number of fused-ring (bicyclic) bond motifs is 4. The lowest BCUT2D eigenvalue weighted by molar-refractivity contribution is -0.142. The van der Waals surface area contributed by atoms with Crippen molar-refractivity contribution in [3.05, 3.63) is 95.1 Å². The summed E-state index contributed by atoms with van der Waals surface area (Å²) in [5.74, 6) is -2.15. The van der Waals surface area contributed by atoms with E-state index >= 15 is 0 Å². The van der Waals surface area contributed by atoms with Crippen LogP contribution in [0.2, 0.25) is 0 Å². The number of aromatic hydroxyl groups is 1. The molecule has 0 bridgehead atoms. The van der Waals surface area contributed by atoms with E-state index in [2.05, 4.69) is 10.6 Å². The molecule has 7 heteroatoms. The van der Waals surface area contributed by atoms with Crippen LogP contribution in [-0.4, -0.2) is 40.3 Å². The van der Waals surface area contributed by atoms with Gasteiger partial charge in [0.15, 0.2) is 0 Å². The van der Waals surface area contributed by atoms with Crippen LogP contribution in [-0.2, 0) is 39.2 Å². The molecule has 37 heavy (non-hydrogen) atoms. The predicted octanol–water partition coefficient (Wildman–Crippen LogP) is 3.16. The van der Waals surface area contributed by atoms with Crippen LogP contribution in [0.15, 0.2) is 72.8 Å². The molecule has 3 N–H and O–H groups in total. The molecule has 7 nitrogen and oxygen atoms in total. The molecular formula is C30H29N3O4. The number of rotatable bonds is 6. The number of aryl methyl sites for hydroxylation is 1. The second kappa shape index (κ2) is 8.85. The fraction of sp³-hybridized carbons (Fsp3) is 0.300. The van der Waals surface area contributed by atoms with Crippen molar-refractivity contribution in [1.29, 1.82) is 0 Å². The number of benzene rings is 3. The van der Waals surface area contributed by atoms with Gasteiger partial charge in [0.25, 0.3) is 0 Å². The number of nitrogens with one attached hydrogen (secondary N) is 2. The van der Waals surface area contributed by atoms with Gasteiger partial charge < -0.3 is 10.4 Å². The minimum absolute atomic E-state index is 0.160. The molecule has 0 saturated carbocycles. The van der Waals surface area contributed by atoms with E-state index in [1.807, 2.05) is 67.6 Å². The Morgan fingerprint density at radius 2 is 1.62 bits per heavy atom. The zero-order valence-electron chi connectivity index (χ0n) is 20.6. The van der Waals surface area contributed by atoms with Crippen LogP contribution in [0.4, 0.5) is 5.69 Å². The van der Waals surface area contributed by atoms with Crippen molar-refractivity contribution in [3.63, 3.8) is 0 Å². The molecular weight excluding hydrogens is 466 g/mol. The van der Waals surface area contributed by atoms with Gasteiger partial charge in [0.1, 0.15) is 11.3 Å². The normalized spacial score (nSPS) is 26.0. The first-order chi connectivity index (χ1) is 17.9. The number of hydrogen-bond donors (Lipinski definition) is 3. The van der Waals surface area contributed by atoms with Crippen LogP contribution in [0.1, 0.15) is 29.2 Å². The Bertz CT molecular complexity index is 1390. The summed E-state index contributed by atoms with van der Waals surface area (Å²) in [7, 11) is 0. The van der Waals surface area contributed by atoms with Gasteiger partial charge in [-0.1, -0.05) is 61.5 Å². The van der Waals surface area contributed by atoms with Gasteiger partial charge in [-0.25, -0.2) is 0 Å². The molecule has 4 atom stereocenters. The number of carbonyl (C=O) groups is 3. The summed E-state index contributed by atoms with van der Waals surface area (Å²) in [5, 5.41) is 16.2.